The minimum Gasteiger partial charge on any atom is -0.494 e. The second-order valence-corrected chi connectivity index (χ2v) is 9.82. The Balaban J connectivity index is 1.50. The molecule has 2 N–H and O–H groups in total. The molecule has 1 saturated heterocycles. The van der Waals surface area contributed by atoms with E-state index in [1.165, 1.54) is 41.4 Å². The van der Waals surface area contributed by atoms with Crippen molar-refractivity contribution in [2.45, 2.75) is 59.0 Å². The molecule has 1 amide bonds. The first-order chi connectivity index (χ1) is 18.1. The van der Waals surface area contributed by atoms with E-state index in [1.807, 2.05) is 27.7 Å². The molecule has 0 unspecified atom stereocenters. The largest absolute Gasteiger partial charge is 0.494 e. The van der Waals surface area contributed by atoms with E-state index in [1.54, 1.807) is 13.0 Å². The molecule has 0 bridgehead atoms. The summed E-state index contributed by atoms with van der Waals surface area (Å²) in [5.74, 6) is -1.41. The van der Waals surface area contributed by atoms with Gasteiger partial charge in [0.05, 0.1) is 37.5 Å². The molecule has 4 rings (SSSR count). The summed E-state index contributed by atoms with van der Waals surface area (Å²) >= 11 is 0. The number of carbonyl (C=O) groups excluding carboxylic acids is 1. The van der Waals surface area contributed by atoms with E-state index in [-0.39, 0.29) is 41.0 Å². The molecule has 38 heavy (non-hydrogen) atoms. The normalized spacial score (nSPS) is 17.4. The second-order valence-electron chi connectivity index (χ2n) is 9.82. The highest BCUT2D eigenvalue weighted by atomic mass is 19.1. The van der Waals surface area contributed by atoms with Gasteiger partial charge in [-0.25, -0.2) is 4.98 Å². The Morgan fingerprint density at radius 1 is 1.29 bits per heavy atom. The fourth-order valence-electron chi connectivity index (χ4n) is 4.12. The smallest absolute Gasteiger partial charge is 0.248 e. The number of ether oxygens (including phenoxy) is 4. The minimum atomic E-state index is -0.791. The predicted octanol–water partition coefficient (Wildman–Crippen LogP) is 5.36. The maximum atomic E-state index is 14.7. The van der Waals surface area contributed by atoms with Crippen LogP contribution in [-0.4, -0.2) is 44.5 Å². The lowest BCUT2D eigenvalue weighted by Crippen LogP contribution is -2.27. The number of hydrogen-bond acceptors (Lipinski definition) is 8. The number of nitrogens with one attached hydrogen (secondary N) is 1. The van der Waals surface area contributed by atoms with E-state index in [2.05, 4.69) is 15.3 Å². The highest BCUT2D eigenvalue weighted by Crippen LogP contribution is 2.35. The lowest BCUT2D eigenvalue weighted by Gasteiger charge is -2.21. The minimum absolute atomic E-state index is 0.0617. The zero-order valence-electron chi connectivity index (χ0n) is 22.1. The van der Waals surface area contributed by atoms with Crippen LogP contribution in [0.4, 0.5) is 10.2 Å². The van der Waals surface area contributed by atoms with Gasteiger partial charge in [-0.05, 0) is 45.2 Å². The van der Waals surface area contributed by atoms with Crippen LogP contribution in [0, 0.1) is 11.7 Å². The molecule has 1 aliphatic heterocycles. The lowest BCUT2D eigenvalue weighted by molar-refractivity contribution is -0.139. The van der Waals surface area contributed by atoms with Crippen LogP contribution in [0.2, 0.25) is 0 Å². The van der Waals surface area contributed by atoms with Gasteiger partial charge >= 0.3 is 0 Å². The van der Waals surface area contributed by atoms with Gasteiger partial charge in [0.15, 0.2) is 29.0 Å². The van der Waals surface area contributed by atoms with Gasteiger partial charge in [-0.1, -0.05) is 19.9 Å². The van der Waals surface area contributed by atoms with Crippen LogP contribution in [0.1, 0.15) is 58.9 Å². The molecular formula is C27H33FN4O6. The van der Waals surface area contributed by atoms with Crippen molar-refractivity contribution in [2.75, 3.05) is 18.5 Å². The topological polar surface area (TPSA) is 117 Å². The molecule has 0 saturated carbocycles. The van der Waals surface area contributed by atoms with Crippen molar-refractivity contribution in [1.82, 2.24) is 14.5 Å². The molecule has 0 radical (unpaired) electrons. The highest BCUT2D eigenvalue weighted by molar-refractivity contribution is 5.93. The molecule has 204 valence electrons. The van der Waals surface area contributed by atoms with E-state index in [4.69, 9.17) is 18.9 Å². The van der Waals surface area contributed by atoms with Crippen molar-refractivity contribution < 1.29 is 33.2 Å². The number of anilines is 1. The number of rotatable bonds is 10. The Morgan fingerprint density at radius 2 is 2.05 bits per heavy atom. The molecule has 1 fully saturated rings. The van der Waals surface area contributed by atoms with E-state index < -0.39 is 23.6 Å². The maximum absolute atomic E-state index is 14.7. The van der Waals surface area contributed by atoms with Crippen molar-refractivity contribution in [3.63, 3.8) is 0 Å². The fraction of sp³-hybridized carbons (Fsp3) is 0.444. The number of carbonyl (C=O) groups is 1. The number of halogens is 1. The lowest BCUT2D eigenvalue weighted by atomic mass is 10.0. The van der Waals surface area contributed by atoms with Gasteiger partial charge in [0, 0.05) is 6.07 Å². The molecule has 0 aliphatic carbocycles. The van der Waals surface area contributed by atoms with Gasteiger partial charge < -0.3 is 33.9 Å². The van der Waals surface area contributed by atoms with Crippen LogP contribution >= 0.6 is 0 Å². The standard InChI is InChI=1S/C27H33FN4O6/c1-6-35-20-8-7-9-21(25(20)28)37-17-11-24(33)32(14-17)19(10-16(2)3)26(34)31-23-13-29-18(12-30-23)22-15-36-27(4,5)38-22/h7-9,11-14,16,19,22,33H,6,10,15H2,1-5H3,(H,30,31,34)/t19-,22+/m0/s1. The van der Waals surface area contributed by atoms with Crippen molar-refractivity contribution >= 4 is 11.7 Å². The number of aromatic hydroxyl groups is 1. The van der Waals surface area contributed by atoms with Crippen LogP contribution in [0.5, 0.6) is 23.1 Å². The van der Waals surface area contributed by atoms with Gasteiger partial charge in [-0.15, -0.1) is 0 Å². The molecule has 2 atom stereocenters. The summed E-state index contributed by atoms with van der Waals surface area (Å²) in [6, 6.07) is 5.10. The van der Waals surface area contributed by atoms with E-state index in [0.29, 0.717) is 25.3 Å². The Hall–Kier alpha value is -3.70. The SMILES string of the molecule is CCOc1cccc(Oc2cc(O)n([C@@H](CC(C)C)C(=O)Nc3cnc([C@H]4COC(C)(C)O4)cn3)c2)c1F. The first-order valence-electron chi connectivity index (χ1n) is 12.5. The molecular weight excluding hydrogens is 495 g/mol. The third-order valence-corrected chi connectivity index (χ3v) is 5.85. The number of hydrogen-bond donors (Lipinski definition) is 2. The zero-order valence-corrected chi connectivity index (χ0v) is 22.1. The van der Waals surface area contributed by atoms with Crippen LogP contribution < -0.4 is 14.8 Å². The number of nitrogens with zero attached hydrogens (tertiary/aromatic N) is 3. The first kappa shape index (κ1) is 27.3. The number of aromatic nitrogens is 3. The Morgan fingerprint density at radius 3 is 2.68 bits per heavy atom. The molecule has 11 heteroatoms. The summed E-state index contributed by atoms with van der Waals surface area (Å²) in [4.78, 5) is 22.0. The van der Waals surface area contributed by atoms with Crippen LogP contribution in [0.25, 0.3) is 0 Å². The van der Waals surface area contributed by atoms with Crippen LogP contribution in [0.3, 0.4) is 0 Å². The molecule has 3 aromatic rings. The number of amides is 1. The monoisotopic (exact) mass is 528 g/mol. The van der Waals surface area contributed by atoms with Crippen LogP contribution in [0.15, 0.2) is 42.9 Å². The average molecular weight is 529 g/mol. The third kappa shape index (κ3) is 6.40. The Labute approximate surface area is 220 Å². The Kier molecular flexibility index (Phi) is 8.17. The van der Waals surface area contributed by atoms with Gasteiger partial charge in [-0.2, -0.15) is 4.39 Å². The second kappa shape index (κ2) is 11.4. The maximum Gasteiger partial charge on any atom is 0.248 e. The molecule has 0 spiro atoms. The summed E-state index contributed by atoms with van der Waals surface area (Å²) in [7, 11) is 0. The van der Waals surface area contributed by atoms with Gasteiger partial charge in [0.2, 0.25) is 11.7 Å². The summed E-state index contributed by atoms with van der Waals surface area (Å²) in [6.45, 7) is 10.00. The van der Waals surface area contributed by atoms with Gasteiger partial charge in [-0.3, -0.25) is 9.78 Å². The quantitative estimate of drug-likeness (QED) is 0.361. The van der Waals surface area contributed by atoms with E-state index in [9.17, 15) is 14.3 Å². The molecule has 2 aromatic heterocycles. The van der Waals surface area contributed by atoms with Crippen molar-refractivity contribution in [2.24, 2.45) is 5.92 Å². The third-order valence-electron chi connectivity index (χ3n) is 5.85. The van der Waals surface area contributed by atoms with Gasteiger partial charge in [0.25, 0.3) is 0 Å². The van der Waals surface area contributed by atoms with Crippen molar-refractivity contribution in [3.8, 4) is 23.1 Å². The zero-order chi connectivity index (χ0) is 27.4. The van der Waals surface area contributed by atoms with Gasteiger partial charge in [0.1, 0.15) is 17.9 Å². The fourth-order valence-corrected chi connectivity index (χ4v) is 4.12. The van der Waals surface area contributed by atoms with Crippen molar-refractivity contribution in [1.29, 1.82) is 0 Å². The van der Waals surface area contributed by atoms with E-state index in [0.717, 1.165) is 0 Å². The molecule has 3 heterocycles. The predicted molar refractivity (Wildman–Crippen MR) is 137 cm³/mol. The number of benzene rings is 1. The molecule has 10 nitrogen and oxygen atoms in total. The molecule has 1 aliphatic rings. The van der Waals surface area contributed by atoms with Crippen molar-refractivity contribution in [3.05, 3.63) is 54.4 Å². The highest BCUT2D eigenvalue weighted by Gasteiger charge is 2.34. The summed E-state index contributed by atoms with van der Waals surface area (Å²) < 4.78 is 38.4. The summed E-state index contributed by atoms with van der Waals surface area (Å²) in [5, 5.41) is 13.4. The summed E-state index contributed by atoms with van der Waals surface area (Å²) in [6.07, 6.45) is 4.52. The first-order valence-corrected chi connectivity index (χ1v) is 12.5. The molecule has 1 aromatic carbocycles. The van der Waals surface area contributed by atoms with Crippen LogP contribution in [-0.2, 0) is 14.3 Å². The Bertz CT molecular complexity index is 1260. The van der Waals surface area contributed by atoms with E-state index >= 15 is 0 Å². The summed E-state index contributed by atoms with van der Waals surface area (Å²) in [5.41, 5.74) is 0.595. The average Bonchev–Trinajstić information content (AvgIpc) is 3.41.